The molecule has 1 atom stereocenters. The average Bonchev–Trinajstić information content (AvgIpc) is 2.91. The van der Waals surface area contributed by atoms with Crippen LogP contribution in [-0.4, -0.2) is 50.4 Å². The number of nitrogens with zero attached hydrogens (tertiary/aromatic N) is 2. The molecule has 3 aromatic carbocycles. The second-order valence-corrected chi connectivity index (χ2v) is 13.2. The third-order valence-corrected chi connectivity index (χ3v) is 8.47. The summed E-state index contributed by atoms with van der Waals surface area (Å²) in [5.41, 5.74) is 0.248. The van der Waals surface area contributed by atoms with Crippen LogP contribution in [0.25, 0.3) is 0 Å². The van der Waals surface area contributed by atoms with E-state index in [4.69, 9.17) is 27.9 Å². The number of carbonyl (C=O) groups excluding carboxylic acids is 2. The largest absolute Gasteiger partial charge is 0.497 e. The van der Waals surface area contributed by atoms with Gasteiger partial charge < -0.3 is 15.0 Å². The molecule has 0 aliphatic rings. The van der Waals surface area contributed by atoms with Crippen LogP contribution in [0.15, 0.2) is 77.7 Å². The van der Waals surface area contributed by atoms with Gasteiger partial charge in [0.2, 0.25) is 11.8 Å². The minimum atomic E-state index is -4.25. The van der Waals surface area contributed by atoms with E-state index in [2.05, 4.69) is 5.32 Å². The lowest BCUT2D eigenvalue weighted by Gasteiger charge is -2.35. The van der Waals surface area contributed by atoms with Gasteiger partial charge >= 0.3 is 0 Å². The molecule has 0 spiro atoms. The van der Waals surface area contributed by atoms with Crippen molar-refractivity contribution in [2.24, 2.45) is 0 Å². The Morgan fingerprint density at radius 2 is 1.66 bits per heavy atom. The summed E-state index contributed by atoms with van der Waals surface area (Å²) in [6.45, 7) is 6.78. The lowest BCUT2D eigenvalue weighted by atomic mass is 10.1. The first-order valence-corrected chi connectivity index (χ1v) is 15.2. The molecule has 3 rings (SSSR count). The van der Waals surface area contributed by atoms with Gasteiger partial charge in [0.05, 0.1) is 22.7 Å². The van der Waals surface area contributed by atoms with Gasteiger partial charge in [-0.15, -0.1) is 0 Å². The molecule has 1 N–H and O–H groups in total. The van der Waals surface area contributed by atoms with E-state index in [9.17, 15) is 18.0 Å². The monoisotopic (exact) mass is 619 g/mol. The first-order chi connectivity index (χ1) is 19.3. The zero-order chi connectivity index (χ0) is 30.4. The van der Waals surface area contributed by atoms with Gasteiger partial charge in [-0.3, -0.25) is 13.9 Å². The van der Waals surface area contributed by atoms with Crippen molar-refractivity contribution in [1.82, 2.24) is 10.2 Å². The van der Waals surface area contributed by atoms with E-state index >= 15 is 0 Å². The van der Waals surface area contributed by atoms with E-state index in [1.165, 1.54) is 42.3 Å². The van der Waals surface area contributed by atoms with Gasteiger partial charge in [-0.05, 0) is 75.2 Å². The molecule has 0 bridgehead atoms. The number of methoxy groups -OCH3 is 1. The highest BCUT2D eigenvalue weighted by Gasteiger charge is 2.35. The molecule has 8 nitrogen and oxygen atoms in total. The molecule has 0 aliphatic carbocycles. The predicted octanol–water partition coefficient (Wildman–Crippen LogP) is 5.92. The number of rotatable bonds is 11. The fourth-order valence-electron chi connectivity index (χ4n) is 4.26. The summed E-state index contributed by atoms with van der Waals surface area (Å²) in [6, 6.07) is 18.4. The molecule has 3 aromatic rings. The van der Waals surface area contributed by atoms with Gasteiger partial charge in [0.1, 0.15) is 18.3 Å². The number of ether oxygens (including phenoxy) is 1. The van der Waals surface area contributed by atoms with Crippen LogP contribution in [0, 0.1) is 0 Å². The molecule has 0 radical (unpaired) electrons. The van der Waals surface area contributed by atoms with Crippen LogP contribution < -0.4 is 14.4 Å². The van der Waals surface area contributed by atoms with E-state index in [1.807, 2.05) is 26.8 Å². The van der Waals surface area contributed by atoms with Crippen LogP contribution in [-0.2, 0) is 26.2 Å². The number of anilines is 1. The number of hydrogen-bond donors (Lipinski definition) is 1. The van der Waals surface area contributed by atoms with Crippen molar-refractivity contribution in [1.29, 1.82) is 0 Å². The maximum absolute atomic E-state index is 14.2. The summed E-state index contributed by atoms with van der Waals surface area (Å²) < 4.78 is 34.1. The molecule has 0 aromatic heterocycles. The minimum Gasteiger partial charge on any atom is -0.497 e. The summed E-state index contributed by atoms with van der Waals surface area (Å²) in [5.74, 6) is -0.351. The third kappa shape index (κ3) is 8.38. The number of benzene rings is 3. The zero-order valence-corrected chi connectivity index (χ0v) is 26.1. The number of halogens is 2. The second-order valence-electron chi connectivity index (χ2n) is 10.5. The fraction of sp³-hybridized carbons (Fsp3) is 0.333. The first kappa shape index (κ1) is 32.2. The van der Waals surface area contributed by atoms with Crippen LogP contribution in [0.4, 0.5) is 5.69 Å². The van der Waals surface area contributed by atoms with Crippen LogP contribution >= 0.6 is 23.2 Å². The van der Waals surface area contributed by atoms with Crippen molar-refractivity contribution in [3.05, 3.63) is 88.4 Å². The van der Waals surface area contributed by atoms with Crippen molar-refractivity contribution in [2.75, 3.05) is 18.0 Å². The zero-order valence-electron chi connectivity index (χ0n) is 23.7. The summed E-state index contributed by atoms with van der Waals surface area (Å²) in [5, 5.41) is 3.31. The molecule has 0 aliphatic heterocycles. The maximum Gasteiger partial charge on any atom is 0.264 e. The van der Waals surface area contributed by atoms with Crippen molar-refractivity contribution >= 4 is 50.7 Å². The summed E-state index contributed by atoms with van der Waals surface area (Å²) in [4.78, 5) is 28.9. The van der Waals surface area contributed by atoms with Crippen LogP contribution in [0.2, 0.25) is 10.0 Å². The van der Waals surface area contributed by atoms with Gasteiger partial charge in [0.15, 0.2) is 0 Å². The number of hydrogen-bond acceptors (Lipinski definition) is 5. The molecule has 41 heavy (non-hydrogen) atoms. The maximum atomic E-state index is 14.2. The number of sulfonamides is 1. The predicted molar refractivity (Wildman–Crippen MR) is 163 cm³/mol. The number of amides is 2. The molecule has 2 amide bonds. The summed E-state index contributed by atoms with van der Waals surface area (Å²) >= 11 is 12.6. The minimum absolute atomic E-state index is 0.0179. The Balaban J connectivity index is 2.10. The SMILES string of the molecule is CC[C@H](C(=O)NC(C)(C)C)N(Cc1cccc(OC)c1)C(=O)CN(c1ccc(Cl)cc1Cl)S(=O)(=O)c1ccccc1. The lowest BCUT2D eigenvalue weighted by molar-refractivity contribution is -0.141. The highest BCUT2D eigenvalue weighted by Crippen LogP contribution is 2.33. The molecule has 0 fully saturated rings. The molecular formula is C30H35Cl2N3O5S. The van der Waals surface area contributed by atoms with Gasteiger partial charge in [0, 0.05) is 17.1 Å². The van der Waals surface area contributed by atoms with Gasteiger partial charge in [-0.25, -0.2) is 8.42 Å². The van der Waals surface area contributed by atoms with Crippen molar-refractivity contribution < 1.29 is 22.7 Å². The Hall–Kier alpha value is -3.27. The standard InChI is InChI=1S/C30H35Cl2N3O5S/c1-6-26(29(37)33-30(2,3)4)34(19-21-11-10-12-23(17-21)40-5)28(36)20-35(27-16-15-22(31)18-25(27)32)41(38,39)24-13-8-7-9-14-24/h7-18,26H,6,19-20H2,1-5H3,(H,33,37)/t26-/m1/s1. The number of nitrogens with one attached hydrogen (secondary N) is 1. The molecule has 220 valence electrons. The molecular weight excluding hydrogens is 585 g/mol. The fourth-order valence-corrected chi connectivity index (χ4v) is 6.27. The van der Waals surface area contributed by atoms with Crippen LogP contribution in [0.1, 0.15) is 39.7 Å². The molecule has 0 unspecified atom stereocenters. The highest BCUT2D eigenvalue weighted by molar-refractivity contribution is 7.92. The topological polar surface area (TPSA) is 96.0 Å². The van der Waals surface area contributed by atoms with E-state index in [0.29, 0.717) is 22.8 Å². The van der Waals surface area contributed by atoms with E-state index in [-0.39, 0.29) is 28.1 Å². The van der Waals surface area contributed by atoms with E-state index in [0.717, 1.165) is 4.31 Å². The second kappa shape index (κ2) is 13.6. The third-order valence-electron chi connectivity index (χ3n) is 6.16. The number of carbonyl (C=O) groups is 2. The van der Waals surface area contributed by atoms with Gasteiger partial charge in [0.25, 0.3) is 10.0 Å². The van der Waals surface area contributed by atoms with Crippen LogP contribution in [0.3, 0.4) is 0 Å². The van der Waals surface area contributed by atoms with Crippen LogP contribution in [0.5, 0.6) is 5.75 Å². The van der Waals surface area contributed by atoms with E-state index in [1.54, 1.807) is 43.3 Å². The quantitative estimate of drug-likeness (QED) is 0.287. The Morgan fingerprint density at radius 3 is 2.24 bits per heavy atom. The Bertz CT molecular complexity index is 1480. The average molecular weight is 621 g/mol. The normalized spacial score (nSPS) is 12.4. The van der Waals surface area contributed by atoms with E-state index < -0.39 is 34.1 Å². The Labute approximate surface area is 252 Å². The molecule has 0 saturated carbocycles. The van der Waals surface area contributed by atoms with Crippen molar-refractivity contribution in [2.45, 2.75) is 57.1 Å². The Kier molecular flexibility index (Phi) is 10.7. The summed E-state index contributed by atoms with van der Waals surface area (Å²) in [6.07, 6.45) is 0.296. The lowest BCUT2D eigenvalue weighted by Crippen LogP contribution is -2.55. The van der Waals surface area contributed by atoms with Gasteiger partial charge in [-0.2, -0.15) is 0 Å². The van der Waals surface area contributed by atoms with Crippen molar-refractivity contribution in [3.63, 3.8) is 0 Å². The van der Waals surface area contributed by atoms with Gasteiger partial charge in [-0.1, -0.05) is 60.5 Å². The molecule has 0 saturated heterocycles. The Morgan fingerprint density at radius 1 is 0.976 bits per heavy atom. The van der Waals surface area contributed by atoms with Crippen molar-refractivity contribution in [3.8, 4) is 5.75 Å². The molecule has 11 heteroatoms. The highest BCUT2D eigenvalue weighted by atomic mass is 35.5. The molecule has 0 heterocycles. The first-order valence-electron chi connectivity index (χ1n) is 13.0. The summed E-state index contributed by atoms with van der Waals surface area (Å²) in [7, 11) is -2.71. The smallest absolute Gasteiger partial charge is 0.264 e.